The summed E-state index contributed by atoms with van der Waals surface area (Å²) in [5.74, 6) is 0.742. The topological polar surface area (TPSA) is 55.6 Å². The summed E-state index contributed by atoms with van der Waals surface area (Å²) in [6.45, 7) is 3.01. The zero-order valence-electron chi connectivity index (χ0n) is 12.4. The Morgan fingerprint density at radius 2 is 2.25 bits per heavy atom. The Balaban J connectivity index is 2.20. The highest BCUT2D eigenvalue weighted by molar-refractivity contribution is 5.99. The third-order valence-corrected chi connectivity index (χ3v) is 4.00. The molecule has 0 spiro atoms. The summed E-state index contributed by atoms with van der Waals surface area (Å²) in [6, 6.07) is 5.64. The molecule has 4 nitrogen and oxygen atoms in total. The number of hydrogen-bond donors (Lipinski definition) is 1. The molecule has 4 heteroatoms. The number of nitrogens with two attached hydrogens (primary N) is 1. The highest BCUT2D eigenvalue weighted by Crippen LogP contribution is 2.26. The van der Waals surface area contributed by atoms with Gasteiger partial charge in [-0.3, -0.25) is 4.79 Å². The van der Waals surface area contributed by atoms with Gasteiger partial charge < -0.3 is 15.4 Å². The van der Waals surface area contributed by atoms with E-state index in [2.05, 4.69) is 6.92 Å². The molecule has 0 bridgehead atoms. The van der Waals surface area contributed by atoms with Crippen molar-refractivity contribution in [2.45, 2.75) is 45.1 Å². The fourth-order valence-corrected chi connectivity index (χ4v) is 2.92. The Morgan fingerprint density at radius 3 is 2.90 bits per heavy atom. The lowest BCUT2D eigenvalue weighted by atomic mass is 9.97. The lowest BCUT2D eigenvalue weighted by Crippen LogP contribution is -2.43. The van der Waals surface area contributed by atoms with Crippen LogP contribution in [0.15, 0.2) is 18.2 Å². The van der Waals surface area contributed by atoms with Gasteiger partial charge in [0, 0.05) is 24.3 Å². The van der Waals surface area contributed by atoms with Crippen molar-refractivity contribution in [2.75, 3.05) is 19.4 Å². The first-order chi connectivity index (χ1) is 9.67. The summed E-state index contributed by atoms with van der Waals surface area (Å²) in [5.41, 5.74) is 7.08. The average Bonchev–Trinajstić information content (AvgIpc) is 2.47. The normalized spacial score (nSPS) is 18.9. The number of nitrogens with zero attached hydrogens (tertiary/aromatic N) is 1. The predicted molar refractivity (Wildman–Crippen MR) is 81.0 cm³/mol. The van der Waals surface area contributed by atoms with E-state index in [4.69, 9.17) is 10.5 Å². The smallest absolute Gasteiger partial charge is 0.256 e. The molecule has 20 heavy (non-hydrogen) atoms. The van der Waals surface area contributed by atoms with Gasteiger partial charge >= 0.3 is 0 Å². The van der Waals surface area contributed by atoms with E-state index in [0.29, 0.717) is 23.0 Å². The second-order valence-electron chi connectivity index (χ2n) is 5.39. The fraction of sp³-hybridized carbons (Fsp3) is 0.562. The first-order valence-corrected chi connectivity index (χ1v) is 7.41. The standard InChI is InChI=1S/C16H24N2O2/c1-3-6-12-7-4-5-10-18(12)16(19)14-9-8-13(20-2)11-15(14)17/h8-9,11-12H,3-7,10,17H2,1-2H3. The maximum atomic E-state index is 12.7. The van der Waals surface area contributed by atoms with E-state index < -0.39 is 0 Å². The van der Waals surface area contributed by atoms with E-state index in [1.54, 1.807) is 25.3 Å². The quantitative estimate of drug-likeness (QED) is 0.860. The molecule has 1 aromatic rings. The lowest BCUT2D eigenvalue weighted by Gasteiger charge is -2.36. The van der Waals surface area contributed by atoms with Gasteiger partial charge in [-0.15, -0.1) is 0 Å². The van der Waals surface area contributed by atoms with E-state index in [1.807, 2.05) is 4.90 Å². The summed E-state index contributed by atoms with van der Waals surface area (Å²) in [4.78, 5) is 14.7. The van der Waals surface area contributed by atoms with Gasteiger partial charge in [0.15, 0.2) is 0 Å². The molecule has 0 radical (unpaired) electrons. The molecule has 2 N–H and O–H groups in total. The van der Waals surface area contributed by atoms with E-state index in [-0.39, 0.29) is 5.91 Å². The van der Waals surface area contributed by atoms with Crippen LogP contribution in [-0.2, 0) is 0 Å². The first-order valence-electron chi connectivity index (χ1n) is 7.41. The van der Waals surface area contributed by atoms with Gasteiger partial charge in [0.2, 0.25) is 0 Å². The largest absolute Gasteiger partial charge is 0.497 e. The van der Waals surface area contributed by atoms with Crippen molar-refractivity contribution >= 4 is 11.6 Å². The maximum Gasteiger partial charge on any atom is 0.256 e. The third kappa shape index (κ3) is 3.06. The Labute approximate surface area is 120 Å². The van der Waals surface area contributed by atoms with Gasteiger partial charge in [-0.1, -0.05) is 13.3 Å². The Bertz CT molecular complexity index is 472. The van der Waals surface area contributed by atoms with Crippen molar-refractivity contribution in [3.8, 4) is 5.75 Å². The van der Waals surface area contributed by atoms with Crippen molar-refractivity contribution in [1.82, 2.24) is 4.90 Å². The van der Waals surface area contributed by atoms with Crippen LogP contribution in [0.25, 0.3) is 0 Å². The zero-order valence-corrected chi connectivity index (χ0v) is 12.4. The third-order valence-electron chi connectivity index (χ3n) is 4.00. The summed E-state index contributed by atoms with van der Waals surface area (Å²) >= 11 is 0. The number of ether oxygens (including phenoxy) is 1. The summed E-state index contributed by atoms with van der Waals surface area (Å²) in [5, 5.41) is 0. The van der Waals surface area contributed by atoms with E-state index in [0.717, 1.165) is 32.2 Å². The van der Waals surface area contributed by atoms with Crippen molar-refractivity contribution in [3.05, 3.63) is 23.8 Å². The van der Waals surface area contributed by atoms with E-state index >= 15 is 0 Å². The van der Waals surface area contributed by atoms with Crippen LogP contribution in [0, 0.1) is 0 Å². The van der Waals surface area contributed by atoms with Crippen LogP contribution in [0.3, 0.4) is 0 Å². The molecule has 1 aromatic carbocycles. The predicted octanol–water partition coefficient (Wildman–Crippen LogP) is 3.07. The van der Waals surface area contributed by atoms with Crippen LogP contribution in [0.4, 0.5) is 5.69 Å². The van der Waals surface area contributed by atoms with Crippen LogP contribution < -0.4 is 10.5 Å². The Hall–Kier alpha value is -1.71. The van der Waals surface area contributed by atoms with Crippen molar-refractivity contribution in [2.24, 2.45) is 0 Å². The Kier molecular flexibility index (Phi) is 4.88. The molecular weight excluding hydrogens is 252 g/mol. The van der Waals surface area contributed by atoms with Crippen LogP contribution >= 0.6 is 0 Å². The van der Waals surface area contributed by atoms with Gasteiger partial charge in [-0.05, 0) is 37.8 Å². The van der Waals surface area contributed by atoms with Crippen molar-refractivity contribution in [3.63, 3.8) is 0 Å². The molecule has 1 amide bonds. The molecule has 1 unspecified atom stereocenters. The number of benzene rings is 1. The molecular formula is C16H24N2O2. The number of piperidine rings is 1. The number of hydrogen-bond acceptors (Lipinski definition) is 3. The van der Waals surface area contributed by atoms with Crippen LogP contribution in [0.1, 0.15) is 49.4 Å². The molecule has 1 fully saturated rings. The number of methoxy groups -OCH3 is 1. The second-order valence-corrected chi connectivity index (χ2v) is 5.39. The number of rotatable bonds is 4. The highest BCUT2D eigenvalue weighted by Gasteiger charge is 2.27. The summed E-state index contributed by atoms with van der Waals surface area (Å²) < 4.78 is 5.13. The lowest BCUT2D eigenvalue weighted by molar-refractivity contribution is 0.0602. The minimum atomic E-state index is 0.0586. The molecule has 1 aliphatic heterocycles. The number of likely N-dealkylation sites (tertiary alicyclic amines) is 1. The second kappa shape index (κ2) is 6.64. The molecule has 2 rings (SSSR count). The van der Waals surface area contributed by atoms with Crippen LogP contribution in [0.2, 0.25) is 0 Å². The first kappa shape index (κ1) is 14.7. The van der Waals surface area contributed by atoms with E-state index in [1.165, 1.54) is 6.42 Å². The molecule has 1 saturated heterocycles. The molecule has 0 saturated carbocycles. The summed E-state index contributed by atoms with van der Waals surface area (Å²) in [7, 11) is 1.60. The molecule has 0 aromatic heterocycles. The Morgan fingerprint density at radius 1 is 1.45 bits per heavy atom. The zero-order chi connectivity index (χ0) is 14.5. The minimum absolute atomic E-state index is 0.0586. The molecule has 1 atom stereocenters. The molecule has 110 valence electrons. The average molecular weight is 276 g/mol. The number of carbonyl (C=O) groups is 1. The maximum absolute atomic E-state index is 12.7. The number of amides is 1. The monoisotopic (exact) mass is 276 g/mol. The molecule has 0 aliphatic carbocycles. The highest BCUT2D eigenvalue weighted by atomic mass is 16.5. The number of carbonyl (C=O) groups excluding carboxylic acids is 1. The number of anilines is 1. The van der Waals surface area contributed by atoms with Gasteiger partial charge in [0.05, 0.1) is 12.7 Å². The SMILES string of the molecule is CCCC1CCCCN1C(=O)c1ccc(OC)cc1N. The van der Waals surface area contributed by atoms with Gasteiger partial charge in [-0.25, -0.2) is 0 Å². The van der Waals surface area contributed by atoms with E-state index in [9.17, 15) is 4.79 Å². The summed E-state index contributed by atoms with van der Waals surface area (Å²) in [6.07, 6.45) is 5.58. The molecule has 1 heterocycles. The fourth-order valence-electron chi connectivity index (χ4n) is 2.92. The van der Waals surface area contributed by atoms with Crippen molar-refractivity contribution in [1.29, 1.82) is 0 Å². The van der Waals surface area contributed by atoms with Crippen LogP contribution in [-0.4, -0.2) is 30.5 Å². The number of nitrogen functional groups attached to an aromatic ring is 1. The molecule has 1 aliphatic rings. The van der Waals surface area contributed by atoms with Gasteiger partial charge in [0.1, 0.15) is 5.75 Å². The van der Waals surface area contributed by atoms with Gasteiger partial charge in [0.25, 0.3) is 5.91 Å². The van der Waals surface area contributed by atoms with Gasteiger partial charge in [-0.2, -0.15) is 0 Å². The minimum Gasteiger partial charge on any atom is -0.497 e. The van der Waals surface area contributed by atoms with Crippen molar-refractivity contribution < 1.29 is 9.53 Å². The van der Waals surface area contributed by atoms with Crippen LogP contribution in [0.5, 0.6) is 5.75 Å².